The van der Waals surface area contributed by atoms with Crippen LogP contribution in [0.15, 0.2) is 0 Å². The van der Waals surface area contributed by atoms with Crippen LogP contribution in [0.1, 0.15) is 33.6 Å². The van der Waals surface area contributed by atoms with Crippen molar-refractivity contribution in [2.24, 2.45) is 11.1 Å². The Morgan fingerprint density at radius 2 is 2.24 bits per heavy atom. The third kappa shape index (κ3) is 2.96. The molecule has 1 saturated heterocycles. The molecule has 2 atom stereocenters. The molecule has 17 heavy (non-hydrogen) atoms. The zero-order valence-electron chi connectivity index (χ0n) is 10.9. The molecule has 1 amide bonds. The molecule has 1 heterocycles. The molecule has 1 aliphatic heterocycles. The maximum atomic E-state index is 12.5. The Hall–Kier alpha value is -0.680. The van der Waals surface area contributed by atoms with Gasteiger partial charge >= 0.3 is 0 Å². The van der Waals surface area contributed by atoms with E-state index in [9.17, 15) is 4.79 Å². The fourth-order valence-corrected chi connectivity index (χ4v) is 2.16. The Morgan fingerprint density at radius 1 is 1.59 bits per heavy atom. The standard InChI is InChI=1S/C12H22N2O2S/c1-4-9-8-14(6-7-16-9)11(15)12(3,5-2)10(13)17/h9H,4-8H2,1-3H3,(H2,13,17). The third-order valence-corrected chi connectivity index (χ3v) is 4.05. The number of amides is 1. The molecule has 2 unspecified atom stereocenters. The van der Waals surface area contributed by atoms with E-state index in [2.05, 4.69) is 6.92 Å². The second-order valence-electron chi connectivity index (χ2n) is 4.70. The maximum absolute atomic E-state index is 12.5. The van der Waals surface area contributed by atoms with Gasteiger partial charge in [0.05, 0.1) is 23.1 Å². The van der Waals surface area contributed by atoms with Gasteiger partial charge < -0.3 is 15.4 Å². The highest BCUT2D eigenvalue weighted by atomic mass is 32.1. The number of nitrogens with zero attached hydrogens (tertiary/aromatic N) is 1. The van der Waals surface area contributed by atoms with Gasteiger partial charge in [-0.1, -0.05) is 26.1 Å². The highest BCUT2D eigenvalue weighted by Crippen LogP contribution is 2.26. The summed E-state index contributed by atoms with van der Waals surface area (Å²) in [4.78, 5) is 14.6. The summed E-state index contributed by atoms with van der Waals surface area (Å²) in [5.41, 5.74) is 4.99. The van der Waals surface area contributed by atoms with Crippen molar-refractivity contribution < 1.29 is 9.53 Å². The lowest BCUT2D eigenvalue weighted by Crippen LogP contribution is -2.53. The SMILES string of the molecule is CCC1CN(C(=O)C(C)(CC)C(N)=S)CCO1. The van der Waals surface area contributed by atoms with Crippen LogP contribution < -0.4 is 5.73 Å². The lowest BCUT2D eigenvalue weighted by molar-refractivity contribution is -0.145. The first-order valence-electron chi connectivity index (χ1n) is 6.16. The van der Waals surface area contributed by atoms with Crippen LogP contribution in [0.4, 0.5) is 0 Å². The predicted octanol–water partition coefficient (Wildman–Crippen LogP) is 1.33. The number of carbonyl (C=O) groups is 1. The lowest BCUT2D eigenvalue weighted by atomic mass is 9.85. The Bertz CT molecular complexity index is 309. The van der Waals surface area contributed by atoms with Crippen molar-refractivity contribution in [2.75, 3.05) is 19.7 Å². The van der Waals surface area contributed by atoms with Crippen molar-refractivity contribution >= 4 is 23.1 Å². The van der Waals surface area contributed by atoms with Crippen LogP contribution in [0, 0.1) is 5.41 Å². The Balaban J connectivity index is 2.78. The van der Waals surface area contributed by atoms with E-state index in [1.165, 1.54) is 0 Å². The van der Waals surface area contributed by atoms with Crippen molar-refractivity contribution in [3.63, 3.8) is 0 Å². The summed E-state index contributed by atoms with van der Waals surface area (Å²) in [5, 5.41) is 0. The van der Waals surface area contributed by atoms with E-state index in [4.69, 9.17) is 22.7 Å². The van der Waals surface area contributed by atoms with Gasteiger partial charge in [0.2, 0.25) is 5.91 Å². The Labute approximate surface area is 108 Å². The highest BCUT2D eigenvalue weighted by Gasteiger charge is 2.39. The molecule has 0 aromatic heterocycles. The molecular weight excluding hydrogens is 236 g/mol. The second kappa shape index (κ2) is 5.78. The van der Waals surface area contributed by atoms with Gasteiger partial charge in [0, 0.05) is 13.1 Å². The molecule has 2 N–H and O–H groups in total. The van der Waals surface area contributed by atoms with Crippen molar-refractivity contribution in [3.05, 3.63) is 0 Å². The van der Waals surface area contributed by atoms with Gasteiger partial charge in [0.15, 0.2) is 0 Å². The largest absolute Gasteiger partial charge is 0.392 e. The minimum atomic E-state index is -0.717. The summed E-state index contributed by atoms with van der Waals surface area (Å²) >= 11 is 5.03. The molecule has 0 aromatic rings. The van der Waals surface area contributed by atoms with Crippen LogP contribution in [0.2, 0.25) is 0 Å². The zero-order valence-corrected chi connectivity index (χ0v) is 11.7. The first-order chi connectivity index (χ1) is 7.95. The molecule has 4 nitrogen and oxygen atoms in total. The normalized spacial score (nSPS) is 24.2. The molecule has 1 aliphatic rings. The molecule has 98 valence electrons. The molecule has 1 fully saturated rings. The third-order valence-electron chi connectivity index (χ3n) is 3.60. The average Bonchev–Trinajstić information content (AvgIpc) is 2.36. The summed E-state index contributed by atoms with van der Waals surface area (Å²) < 4.78 is 5.56. The van der Waals surface area contributed by atoms with Gasteiger partial charge in [-0.15, -0.1) is 0 Å². The van der Waals surface area contributed by atoms with E-state index in [0.717, 1.165) is 6.42 Å². The summed E-state index contributed by atoms with van der Waals surface area (Å²) in [6.07, 6.45) is 1.69. The summed E-state index contributed by atoms with van der Waals surface area (Å²) in [5.74, 6) is 0.0363. The van der Waals surface area contributed by atoms with E-state index in [-0.39, 0.29) is 17.0 Å². The van der Waals surface area contributed by atoms with E-state index in [1.54, 1.807) is 0 Å². The van der Waals surface area contributed by atoms with E-state index < -0.39 is 5.41 Å². The molecule has 0 aliphatic carbocycles. The van der Waals surface area contributed by atoms with E-state index >= 15 is 0 Å². The topological polar surface area (TPSA) is 55.6 Å². The first-order valence-corrected chi connectivity index (χ1v) is 6.57. The van der Waals surface area contributed by atoms with Gasteiger partial charge in [-0.2, -0.15) is 0 Å². The number of morpholine rings is 1. The fourth-order valence-electron chi connectivity index (χ4n) is 1.93. The molecular formula is C12H22N2O2S. The highest BCUT2D eigenvalue weighted by molar-refractivity contribution is 7.80. The van der Waals surface area contributed by atoms with Crippen molar-refractivity contribution in [3.8, 4) is 0 Å². The fraction of sp³-hybridized carbons (Fsp3) is 0.833. The minimum absolute atomic E-state index is 0.0363. The van der Waals surface area contributed by atoms with Crippen LogP contribution in [0.3, 0.4) is 0 Å². The predicted molar refractivity (Wildman–Crippen MR) is 71.8 cm³/mol. The molecule has 0 bridgehead atoms. The zero-order chi connectivity index (χ0) is 13.1. The molecule has 0 aromatic carbocycles. The lowest BCUT2D eigenvalue weighted by Gasteiger charge is -2.38. The van der Waals surface area contributed by atoms with E-state index in [1.807, 2.05) is 18.7 Å². The molecule has 5 heteroatoms. The molecule has 0 spiro atoms. The van der Waals surface area contributed by atoms with Crippen molar-refractivity contribution in [2.45, 2.75) is 39.7 Å². The molecule has 0 radical (unpaired) electrons. The quantitative estimate of drug-likeness (QED) is 0.773. The smallest absolute Gasteiger partial charge is 0.235 e. The van der Waals surface area contributed by atoms with Gasteiger partial charge in [0.25, 0.3) is 0 Å². The number of hydrogen-bond acceptors (Lipinski definition) is 3. The minimum Gasteiger partial charge on any atom is -0.392 e. The summed E-state index contributed by atoms with van der Waals surface area (Å²) in [6, 6.07) is 0. The number of thiocarbonyl (C=S) groups is 1. The van der Waals surface area contributed by atoms with Crippen LogP contribution in [0.5, 0.6) is 0 Å². The maximum Gasteiger partial charge on any atom is 0.235 e. The number of carbonyl (C=O) groups excluding carboxylic acids is 1. The molecule has 1 rings (SSSR count). The number of ether oxygens (including phenoxy) is 1. The number of rotatable bonds is 4. The van der Waals surface area contributed by atoms with E-state index in [0.29, 0.717) is 26.1 Å². The van der Waals surface area contributed by atoms with Gasteiger partial charge in [-0.25, -0.2) is 0 Å². The first kappa shape index (κ1) is 14.4. The monoisotopic (exact) mass is 258 g/mol. The van der Waals surface area contributed by atoms with Gasteiger partial charge in [0.1, 0.15) is 0 Å². The van der Waals surface area contributed by atoms with Crippen molar-refractivity contribution in [1.82, 2.24) is 4.90 Å². The number of nitrogens with two attached hydrogens (primary N) is 1. The number of hydrogen-bond donors (Lipinski definition) is 1. The van der Waals surface area contributed by atoms with Crippen molar-refractivity contribution in [1.29, 1.82) is 0 Å². The van der Waals surface area contributed by atoms with Crippen LogP contribution in [0.25, 0.3) is 0 Å². The summed E-state index contributed by atoms with van der Waals surface area (Å²) in [6.45, 7) is 7.70. The van der Waals surface area contributed by atoms with Gasteiger partial charge in [-0.3, -0.25) is 4.79 Å². The van der Waals surface area contributed by atoms with Crippen LogP contribution in [-0.4, -0.2) is 41.6 Å². The van der Waals surface area contributed by atoms with Gasteiger partial charge in [-0.05, 0) is 19.8 Å². The van der Waals surface area contributed by atoms with Crippen LogP contribution in [-0.2, 0) is 9.53 Å². The molecule has 0 saturated carbocycles. The Kier molecular flexibility index (Phi) is 4.89. The van der Waals surface area contributed by atoms with Crippen LogP contribution >= 0.6 is 12.2 Å². The second-order valence-corrected chi connectivity index (χ2v) is 5.14. The average molecular weight is 258 g/mol. The summed E-state index contributed by atoms with van der Waals surface area (Å²) in [7, 11) is 0. The Morgan fingerprint density at radius 3 is 2.71 bits per heavy atom.